The third kappa shape index (κ3) is 5.09. The van der Waals surface area contributed by atoms with Crippen molar-refractivity contribution in [1.29, 1.82) is 0 Å². The monoisotopic (exact) mass is 382 g/mol. The molecule has 0 bridgehead atoms. The van der Waals surface area contributed by atoms with Crippen LogP contribution in [0.1, 0.15) is 23.2 Å². The van der Waals surface area contributed by atoms with Gasteiger partial charge in [0.05, 0.1) is 5.92 Å². The van der Waals surface area contributed by atoms with E-state index in [1.54, 1.807) is 41.3 Å². The molecule has 28 heavy (non-hydrogen) atoms. The molecule has 0 spiro atoms. The summed E-state index contributed by atoms with van der Waals surface area (Å²) in [4.78, 5) is 37.2. The summed E-state index contributed by atoms with van der Waals surface area (Å²) >= 11 is 0. The summed E-state index contributed by atoms with van der Waals surface area (Å²) in [5, 5.41) is 11.8. The highest BCUT2D eigenvalue weighted by atomic mass is 16.5. The lowest BCUT2D eigenvalue weighted by atomic mass is 9.96. The highest BCUT2D eigenvalue weighted by Crippen LogP contribution is 2.20. The van der Waals surface area contributed by atoms with Gasteiger partial charge in [-0.1, -0.05) is 18.2 Å². The van der Waals surface area contributed by atoms with E-state index in [1.165, 1.54) is 0 Å². The van der Waals surface area contributed by atoms with E-state index in [4.69, 9.17) is 9.84 Å². The van der Waals surface area contributed by atoms with Crippen molar-refractivity contribution in [3.8, 4) is 5.75 Å². The number of anilines is 1. The molecular weight excluding hydrogens is 360 g/mol. The minimum atomic E-state index is -0.802. The Balaban J connectivity index is 1.49. The summed E-state index contributed by atoms with van der Waals surface area (Å²) in [7, 11) is 0. The van der Waals surface area contributed by atoms with E-state index < -0.39 is 5.97 Å². The Bertz CT molecular complexity index is 828. The van der Waals surface area contributed by atoms with Gasteiger partial charge in [-0.2, -0.15) is 0 Å². The molecule has 1 heterocycles. The van der Waals surface area contributed by atoms with Crippen LogP contribution in [0, 0.1) is 5.92 Å². The summed E-state index contributed by atoms with van der Waals surface area (Å²) in [6.45, 7) is 0.763. The van der Waals surface area contributed by atoms with Gasteiger partial charge in [-0.05, 0) is 49.2 Å². The highest BCUT2D eigenvalue weighted by Gasteiger charge is 2.27. The predicted molar refractivity (Wildman–Crippen MR) is 103 cm³/mol. The molecule has 7 heteroatoms. The Labute approximate surface area is 162 Å². The molecule has 1 saturated heterocycles. The van der Waals surface area contributed by atoms with Crippen molar-refractivity contribution in [1.82, 2.24) is 4.90 Å². The standard InChI is InChI=1S/C21H22N2O5/c24-19(14-28-18-4-2-1-3-5-18)22-17-8-6-15(7-9-17)20(25)23-12-10-16(11-13-23)21(26)27/h1-9,16H,10-14H2,(H,22,24)(H,26,27). The molecular formula is C21H22N2O5. The van der Waals surface area contributed by atoms with Crippen molar-refractivity contribution in [2.24, 2.45) is 5.92 Å². The van der Waals surface area contributed by atoms with E-state index in [1.807, 2.05) is 18.2 Å². The molecule has 146 valence electrons. The van der Waals surface area contributed by atoms with Crippen molar-refractivity contribution in [2.75, 3.05) is 25.0 Å². The summed E-state index contributed by atoms with van der Waals surface area (Å²) in [6, 6.07) is 15.7. The minimum absolute atomic E-state index is 0.108. The number of likely N-dealkylation sites (tertiary alicyclic amines) is 1. The molecule has 0 atom stereocenters. The first-order valence-corrected chi connectivity index (χ1v) is 9.13. The van der Waals surface area contributed by atoms with Crippen LogP contribution >= 0.6 is 0 Å². The highest BCUT2D eigenvalue weighted by molar-refractivity contribution is 5.96. The Morgan fingerprint density at radius 1 is 1.00 bits per heavy atom. The molecule has 0 aliphatic carbocycles. The van der Waals surface area contributed by atoms with Crippen molar-refractivity contribution < 1.29 is 24.2 Å². The topological polar surface area (TPSA) is 95.9 Å². The summed E-state index contributed by atoms with van der Waals surface area (Å²) in [5.41, 5.74) is 1.08. The minimum Gasteiger partial charge on any atom is -0.484 e. The average Bonchev–Trinajstić information content (AvgIpc) is 2.73. The van der Waals surface area contributed by atoms with E-state index in [9.17, 15) is 14.4 Å². The van der Waals surface area contributed by atoms with Crippen LogP contribution in [0.15, 0.2) is 54.6 Å². The fourth-order valence-corrected chi connectivity index (χ4v) is 3.07. The number of nitrogens with one attached hydrogen (secondary N) is 1. The second-order valence-electron chi connectivity index (χ2n) is 6.63. The number of para-hydroxylation sites is 1. The van der Waals surface area contributed by atoms with E-state index in [2.05, 4.69) is 5.32 Å². The molecule has 2 N–H and O–H groups in total. The van der Waals surface area contributed by atoms with Crippen molar-refractivity contribution in [2.45, 2.75) is 12.8 Å². The predicted octanol–water partition coefficient (Wildman–Crippen LogP) is 2.64. The molecule has 3 rings (SSSR count). The quantitative estimate of drug-likeness (QED) is 0.801. The zero-order valence-corrected chi connectivity index (χ0v) is 15.3. The zero-order valence-electron chi connectivity index (χ0n) is 15.3. The molecule has 1 aliphatic rings. The molecule has 0 unspecified atom stereocenters. The molecule has 1 aliphatic heterocycles. The first kappa shape index (κ1) is 19.4. The number of hydrogen-bond donors (Lipinski definition) is 2. The molecule has 0 saturated carbocycles. The van der Waals surface area contributed by atoms with Gasteiger partial charge in [0.15, 0.2) is 6.61 Å². The summed E-state index contributed by atoms with van der Waals surface area (Å²) < 4.78 is 5.39. The smallest absolute Gasteiger partial charge is 0.306 e. The van der Waals surface area contributed by atoms with Crippen LogP contribution in [0.2, 0.25) is 0 Å². The Hall–Kier alpha value is -3.35. The third-order valence-electron chi connectivity index (χ3n) is 4.66. The molecule has 2 amide bonds. The maximum absolute atomic E-state index is 12.5. The van der Waals surface area contributed by atoms with E-state index in [0.717, 1.165) is 0 Å². The molecule has 7 nitrogen and oxygen atoms in total. The number of nitrogens with zero attached hydrogens (tertiary/aromatic N) is 1. The largest absolute Gasteiger partial charge is 0.484 e. The molecule has 2 aromatic rings. The third-order valence-corrected chi connectivity index (χ3v) is 4.66. The number of amides is 2. The van der Waals surface area contributed by atoms with Crippen LogP contribution < -0.4 is 10.1 Å². The number of carbonyl (C=O) groups is 3. The van der Waals surface area contributed by atoms with Crippen LogP contribution in [0.4, 0.5) is 5.69 Å². The zero-order chi connectivity index (χ0) is 19.9. The van der Waals surface area contributed by atoms with Gasteiger partial charge >= 0.3 is 5.97 Å². The Morgan fingerprint density at radius 2 is 1.64 bits per heavy atom. The van der Waals surface area contributed by atoms with Crippen LogP contribution in [0.3, 0.4) is 0 Å². The number of piperidine rings is 1. The lowest BCUT2D eigenvalue weighted by molar-refractivity contribution is -0.143. The fraction of sp³-hybridized carbons (Fsp3) is 0.286. The maximum Gasteiger partial charge on any atom is 0.306 e. The number of hydrogen-bond acceptors (Lipinski definition) is 4. The summed E-state index contributed by atoms with van der Waals surface area (Å²) in [5.74, 6) is -0.985. The van der Waals surface area contributed by atoms with Crippen molar-refractivity contribution in [3.63, 3.8) is 0 Å². The second-order valence-corrected chi connectivity index (χ2v) is 6.63. The number of rotatable bonds is 6. The van der Waals surface area contributed by atoms with Gasteiger partial charge in [0.25, 0.3) is 11.8 Å². The van der Waals surface area contributed by atoms with Crippen LogP contribution in [-0.2, 0) is 9.59 Å². The van der Waals surface area contributed by atoms with Crippen molar-refractivity contribution >= 4 is 23.5 Å². The molecule has 2 aromatic carbocycles. The molecule has 0 aromatic heterocycles. The number of benzene rings is 2. The van der Waals surface area contributed by atoms with Gasteiger partial charge < -0.3 is 20.1 Å². The number of carboxylic acid groups (broad SMARTS) is 1. The van der Waals surface area contributed by atoms with Crippen LogP contribution in [0.5, 0.6) is 5.75 Å². The number of carboxylic acids is 1. The normalized spacial score (nSPS) is 14.4. The SMILES string of the molecule is O=C(COc1ccccc1)Nc1ccc(C(=O)N2CCC(C(=O)O)CC2)cc1. The fourth-order valence-electron chi connectivity index (χ4n) is 3.07. The second kappa shape index (κ2) is 9.03. The lowest BCUT2D eigenvalue weighted by Crippen LogP contribution is -2.40. The maximum atomic E-state index is 12.5. The van der Waals surface area contributed by atoms with Crippen molar-refractivity contribution in [3.05, 3.63) is 60.2 Å². The van der Waals surface area contributed by atoms with Gasteiger partial charge in [0.2, 0.25) is 0 Å². The molecule has 0 radical (unpaired) electrons. The van der Waals surface area contributed by atoms with Gasteiger partial charge in [-0.3, -0.25) is 14.4 Å². The Morgan fingerprint density at radius 3 is 2.25 bits per heavy atom. The van der Waals surface area contributed by atoms with Crippen LogP contribution in [-0.4, -0.2) is 47.5 Å². The van der Waals surface area contributed by atoms with Crippen LogP contribution in [0.25, 0.3) is 0 Å². The summed E-state index contributed by atoms with van der Waals surface area (Å²) in [6.07, 6.45) is 0.938. The van der Waals surface area contributed by atoms with E-state index in [0.29, 0.717) is 42.9 Å². The number of carbonyl (C=O) groups excluding carboxylic acids is 2. The first-order valence-electron chi connectivity index (χ1n) is 9.13. The van der Waals surface area contributed by atoms with E-state index in [-0.39, 0.29) is 24.3 Å². The lowest BCUT2D eigenvalue weighted by Gasteiger charge is -2.30. The number of ether oxygens (including phenoxy) is 1. The van der Waals surface area contributed by atoms with Gasteiger partial charge in [0.1, 0.15) is 5.75 Å². The van der Waals surface area contributed by atoms with Gasteiger partial charge in [0, 0.05) is 24.3 Å². The number of aliphatic carboxylic acids is 1. The van der Waals surface area contributed by atoms with Gasteiger partial charge in [-0.25, -0.2) is 0 Å². The van der Waals surface area contributed by atoms with Gasteiger partial charge in [-0.15, -0.1) is 0 Å². The molecule has 1 fully saturated rings. The average molecular weight is 382 g/mol. The Kier molecular flexibility index (Phi) is 6.26. The van der Waals surface area contributed by atoms with E-state index >= 15 is 0 Å². The first-order chi connectivity index (χ1) is 13.5.